The van der Waals surface area contributed by atoms with E-state index in [0.29, 0.717) is 5.75 Å². The van der Waals surface area contributed by atoms with E-state index in [0.717, 1.165) is 17.8 Å². The molecular formula is C20H18F3N3O2. The Morgan fingerprint density at radius 2 is 1.82 bits per heavy atom. The van der Waals surface area contributed by atoms with Crippen molar-refractivity contribution in [2.45, 2.75) is 19.1 Å². The van der Waals surface area contributed by atoms with E-state index in [2.05, 4.69) is 10.6 Å². The number of rotatable bonds is 6. The lowest BCUT2D eigenvalue weighted by Gasteiger charge is -2.15. The van der Waals surface area contributed by atoms with Gasteiger partial charge in [0.05, 0.1) is 24.4 Å². The second-order valence-electron chi connectivity index (χ2n) is 5.83. The molecule has 0 saturated heterocycles. The highest BCUT2D eigenvalue weighted by atomic mass is 19.4. The molecule has 0 spiro atoms. The Bertz CT molecular complexity index is 900. The maximum atomic E-state index is 13.0. The van der Waals surface area contributed by atoms with Crippen molar-refractivity contribution in [3.63, 3.8) is 0 Å². The Balaban J connectivity index is 2.12. The molecule has 0 aliphatic heterocycles. The van der Waals surface area contributed by atoms with E-state index in [1.165, 1.54) is 25.3 Å². The fourth-order valence-corrected chi connectivity index (χ4v) is 2.41. The number of nitrogens with zero attached hydrogens (tertiary/aromatic N) is 1. The number of ether oxygens (including phenoxy) is 1. The number of halogens is 3. The number of nitrogens with one attached hydrogen (secondary N) is 2. The number of carbonyl (C=O) groups excluding carboxylic acids is 1. The van der Waals surface area contributed by atoms with E-state index in [-0.39, 0.29) is 11.3 Å². The summed E-state index contributed by atoms with van der Waals surface area (Å²) >= 11 is 0. The van der Waals surface area contributed by atoms with Crippen molar-refractivity contribution in [1.29, 1.82) is 5.26 Å². The number of para-hydroxylation sites is 1. The molecule has 5 nitrogen and oxygen atoms in total. The van der Waals surface area contributed by atoms with Gasteiger partial charge in [-0.1, -0.05) is 24.3 Å². The third kappa shape index (κ3) is 5.27. The van der Waals surface area contributed by atoms with Crippen LogP contribution < -0.4 is 15.4 Å². The van der Waals surface area contributed by atoms with E-state index in [9.17, 15) is 23.2 Å². The lowest BCUT2D eigenvalue weighted by atomic mass is 10.1. The van der Waals surface area contributed by atoms with E-state index < -0.39 is 23.7 Å². The molecule has 0 aromatic heterocycles. The molecule has 0 fully saturated rings. The molecular weight excluding hydrogens is 371 g/mol. The van der Waals surface area contributed by atoms with Gasteiger partial charge in [-0.15, -0.1) is 0 Å². The molecule has 146 valence electrons. The van der Waals surface area contributed by atoms with Gasteiger partial charge >= 0.3 is 6.18 Å². The molecule has 2 aromatic rings. The van der Waals surface area contributed by atoms with Crippen LogP contribution >= 0.6 is 0 Å². The number of carbonyl (C=O) groups is 1. The summed E-state index contributed by atoms with van der Waals surface area (Å²) in [6.45, 7) is 1.72. The average molecular weight is 389 g/mol. The number of hydrogen-bond donors (Lipinski definition) is 2. The Hall–Kier alpha value is -3.47. The molecule has 1 amide bonds. The predicted octanol–water partition coefficient (Wildman–Crippen LogP) is 4.41. The van der Waals surface area contributed by atoms with E-state index in [1.54, 1.807) is 37.3 Å². The number of benzene rings is 2. The molecule has 8 heteroatoms. The average Bonchev–Trinajstić information content (AvgIpc) is 2.68. The first kappa shape index (κ1) is 20.8. The van der Waals surface area contributed by atoms with Crippen molar-refractivity contribution in [3.8, 4) is 11.8 Å². The van der Waals surface area contributed by atoms with Gasteiger partial charge < -0.3 is 15.4 Å². The van der Waals surface area contributed by atoms with E-state index in [1.807, 2.05) is 0 Å². The molecule has 0 radical (unpaired) electrons. The number of hydrogen-bond acceptors (Lipinski definition) is 4. The van der Waals surface area contributed by atoms with Gasteiger partial charge in [-0.2, -0.15) is 18.4 Å². The summed E-state index contributed by atoms with van der Waals surface area (Å²) in [6, 6.07) is 13.1. The first-order valence-corrected chi connectivity index (χ1v) is 8.24. The van der Waals surface area contributed by atoms with Crippen LogP contribution in [-0.2, 0) is 11.0 Å². The van der Waals surface area contributed by atoms with E-state index in [4.69, 9.17) is 4.74 Å². The number of methoxy groups -OCH3 is 1. The lowest BCUT2D eigenvalue weighted by molar-refractivity contribution is -0.136. The van der Waals surface area contributed by atoms with Gasteiger partial charge in [0.15, 0.2) is 0 Å². The zero-order chi connectivity index (χ0) is 20.7. The van der Waals surface area contributed by atoms with Crippen LogP contribution in [0.25, 0.3) is 0 Å². The van der Waals surface area contributed by atoms with Crippen LogP contribution in [0.1, 0.15) is 24.1 Å². The monoisotopic (exact) mass is 389 g/mol. The van der Waals surface area contributed by atoms with Crippen molar-refractivity contribution in [2.75, 3.05) is 12.4 Å². The van der Waals surface area contributed by atoms with Crippen molar-refractivity contribution >= 4 is 11.6 Å². The molecule has 1 atom stereocenters. The molecule has 0 aliphatic carbocycles. The fraction of sp³-hybridized carbons (Fsp3) is 0.200. The highest BCUT2D eigenvalue weighted by Gasteiger charge is 2.33. The summed E-state index contributed by atoms with van der Waals surface area (Å²) in [5.41, 5.74) is -0.714. The molecule has 0 bridgehead atoms. The maximum absolute atomic E-state index is 13.0. The molecule has 0 aliphatic rings. The zero-order valence-electron chi connectivity index (χ0n) is 15.2. The number of anilines is 1. The lowest BCUT2D eigenvalue weighted by Crippen LogP contribution is -2.28. The maximum Gasteiger partial charge on any atom is 0.418 e. The molecule has 1 unspecified atom stereocenters. The predicted molar refractivity (Wildman–Crippen MR) is 98.3 cm³/mol. The van der Waals surface area contributed by atoms with Crippen molar-refractivity contribution in [1.82, 2.24) is 5.32 Å². The third-order valence-corrected chi connectivity index (χ3v) is 3.93. The van der Waals surface area contributed by atoms with Crippen LogP contribution in [0.2, 0.25) is 0 Å². The number of alkyl halides is 3. The summed E-state index contributed by atoms with van der Waals surface area (Å²) in [6.07, 6.45) is -3.60. The van der Waals surface area contributed by atoms with Gasteiger partial charge in [-0.25, -0.2) is 0 Å². The van der Waals surface area contributed by atoms with E-state index >= 15 is 0 Å². The highest BCUT2D eigenvalue weighted by molar-refractivity contribution is 5.97. The third-order valence-electron chi connectivity index (χ3n) is 3.93. The SMILES string of the molecule is COc1ccc(C(C)NC(=O)/C(C#N)=C\Nc2ccccc2C(F)(F)F)cc1. The highest BCUT2D eigenvalue weighted by Crippen LogP contribution is 2.34. The second-order valence-corrected chi connectivity index (χ2v) is 5.83. The Kier molecular flexibility index (Phi) is 6.66. The van der Waals surface area contributed by atoms with Crippen LogP contribution in [0.3, 0.4) is 0 Å². The summed E-state index contributed by atoms with van der Waals surface area (Å²) in [5.74, 6) is -0.0461. The van der Waals surface area contributed by atoms with Crippen LogP contribution in [0.4, 0.5) is 18.9 Å². The minimum Gasteiger partial charge on any atom is -0.497 e. The van der Waals surface area contributed by atoms with Gasteiger partial charge in [0.1, 0.15) is 17.4 Å². The largest absolute Gasteiger partial charge is 0.497 e. The molecule has 0 saturated carbocycles. The molecule has 2 N–H and O–H groups in total. The smallest absolute Gasteiger partial charge is 0.418 e. The minimum absolute atomic E-state index is 0.251. The standard InChI is InChI=1S/C20H18F3N3O2/c1-13(14-7-9-16(28-2)10-8-14)26-19(27)15(11-24)12-25-18-6-4-3-5-17(18)20(21,22)23/h3-10,12-13,25H,1-2H3,(H,26,27)/b15-12-. The van der Waals surface area contributed by atoms with Gasteiger partial charge in [-0.05, 0) is 36.8 Å². The number of amides is 1. The summed E-state index contributed by atoms with van der Waals surface area (Å²) in [4.78, 5) is 12.3. The van der Waals surface area contributed by atoms with Crippen LogP contribution in [0.5, 0.6) is 5.75 Å². The van der Waals surface area contributed by atoms with Crippen LogP contribution in [0, 0.1) is 11.3 Å². The molecule has 28 heavy (non-hydrogen) atoms. The first-order valence-electron chi connectivity index (χ1n) is 8.24. The van der Waals surface area contributed by atoms with Gasteiger partial charge in [0.25, 0.3) is 5.91 Å². The summed E-state index contributed by atoms with van der Waals surface area (Å²) in [7, 11) is 1.54. The molecule has 2 aromatic carbocycles. The summed E-state index contributed by atoms with van der Waals surface area (Å²) < 4.78 is 44.1. The topological polar surface area (TPSA) is 74.1 Å². The van der Waals surface area contributed by atoms with Gasteiger partial charge in [0, 0.05) is 6.20 Å². The Labute approximate surface area is 160 Å². The Morgan fingerprint density at radius 3 is 2.39 bits per heavy atom. The minimum atomic E-state index is -4.56. The van der Waals surface area contributed by atoms with Crippen LogP contribution in [-0.4, -0.2) is 13.0 Å². The van der Waals surface area contributed by atoms with Crippen LogP contribution in [0.15, 0.2) is 60.3 Å². The second kappa shape index (κ2) is 8.95. The first-order chi connectivity index (χ1) is 13.3. The quantitative estimate of drug-likeness (QED) is 0.567. The zero-order valence-corrected chi connectivity index (χ0v) is 15.2. The number of nitriles is 1. The van der Waals surface area contributed by atoms with Crippen molar-refractivity contribution < 1.29 is 22.7 Å². The van der Waals surface area contributed by atoms with Gasteiger partial charge in [0.2, 0.25) is 0 Å². The van der Waals surface area contributed by atoms with Crippen molar-refractivity contribution in [2.24, 2.45) is 0 Å². The molecule has 0 heterocycles. The van der Waals surface area contributed by atoms with Gasteiger partial charge in [-0.3, -0.25) is 4.79 Å². The fourth-order valence-electron chi connectivity index (χ4n) is 2.41. The molecule has 2 rings (SSSR count). The normalized spacial score (nSPS) is 12.6. The Morgan fingerprint density at radius 1 is 1.18 bits per heavy atom. The summed E-state index contributed by atoms with van der Waals surface area (Å²) in [5, 5.41) is 14.2. The van der Waals surface area contributed by atoms with Crippen molar-refractivity contribution in [3.05, 3.63) is 71.4 Å².